The molecule has 20 heavy (non-hydrogen) atoms. The predicted octanol–water partition coefficient (Wildman–Crippen LogP) is 2.93. The monoisotopic (exact) mass is 286 g/mol. The second kappa shape index (κ2) is 6.07. The van der Waals surface area contributed by atoms with E-state index in [0.29, 0.717) is 5.13 Å². The number of nitrogen functional groups attached to an aromatic ring is 1. The van der Waals surface area contributed by atoms with Crippen LogP contribution in [-0.2, 0) is 13.0 Å². The maximum absolute atomic E-state index is 5.62. The van der Waals surface area contributed by atoms with Crippen LogP contribution in [0.15, 0.2) is 35.8 Å². The average Bonchev–Trinajstić information content (AvgIpc) is 3.07. The number of aromatic amines is 1. The zero-order valence-corrected chi connectivity index (χ0v) is 12.0. The lowest BCUT2D eigenvalue weighted by Gasteiger charge is -2.05. The number of H-pyrrole nitrogens is 1. The van der Waals surface area contributed by atoms with Gasteiger partial charge in [0.05, 0.1) is 5.69 Å². The quantitative estimate of drug-likeness (QED) is 0.610. The minimum atomic E-state index is 0.659. The summed E-state index contributed by atoms with van der Waals surface area (Å²) >= 11 is 1.51. The third-order valence-corrected chi connectivity index (χ3v) is 4.08. The van der Waals surface area contributed by atoms with Gasteiger partial charge in [-0.3, -0.25) is 0 Å². The van der Waals surface area contributed by atoms with Crippen LogP contribution in [0.3, 0.4) is 0 Å². The first kappa shape index (κ1) is 13.1. The topological polar surface area (TPSA) is 66.7 Å². The Balaban J connectivity index is 1.47. The highest BCUT2D eigenvalue weighted by Crippen LogP contribution is 2.17. The Labute approximate surface area is 122 Å². The molecule has 0 bridgehead atoms. The van der Waals surface area contributed by atoms with Crippen molar-refractivity contribution in [3.05, 3.63) is 47.1 Å². The third-order valence-electron chi connectivity index (χ3n) is 3.36. The Kier molecular flexibility index (Phi) is 3.99. The molecular formula is C15H18N4S. The first-order valence-corrected chi connectivity index (χ1v) is 7.66. The molecule has 0 saturated heterocycles. The number of fused-ring (bicyclic) bond motifs is 1. The summed E-state index contributed by atoms with van der Waals surface area (Å²) in [7, 11) is 0. The van der Waals surface area contributed by atoms with Crippen LogP contribution in [0.2, 0.25) is 0 Å². The fourth-order valence-electron chi connectivity index (χ4n) is 2.36. The van der Waals surface area contributed by atoms with Gasteiger partial charge in [-0.15, -0.1) is 11.3 Å². The maximum Gasteiger partial charge on any atom is 0.180 e. The van der Waals surface area contributed by atoms with Gasteiger partial charge in [0.2, 0.25) is 0 Å². The third kappa shape index (κ3) is 3.00. The fraction of sp³-hybridized carbons (Fsp3) is 0.267. The summed E-state index contributed by atoms with van der Waals surface area (Å²) < 4.78 is 0. The molecule has 3 aromatic rings. The minimum Gasteiger partial charge on any atom is -0.375 e. The number of thiazole rings is 1. The Hall–Kier alpha value is -1.85. The Bertz CT molecular complexity index is 686. The first-order valence-electron chi connectivity index (χ1n) is 6.78. The summed E-state index contributed by atoms with van der Waals surface area (Å²) in [4.78, 5) is 7.50. The predicted molar refractivity (Wildman–Crippen MR) is 84.9 cm³/mol. The molecule has 0 amide bonds. The van der Waals surface area contributed by atoms with Crippen LogP contribution >= 0.6 is 11.3 Å². The first-order chi connectivity index (χ1) is 9.83. The van der Waals surface area contributed by atoms with Gasteiger partial charge in [-0.2, -0.15) is 0 Å². The molecule has 3 rings (SSSR count). The van der Waals surface area contributed by atoms with Gasteiger partial charge in [-0.25, -0.2) is 4.98 Å². The molecule has 0 fully saturated rings. The molecule has 0 spiro atoms. The van der Waals surface area contributed by atoms with Crippen molar-refractivity contribution in [3.8, 4) is 0 Å². The highest BCUT2D eigenvalue weighted by molar-refractivity contribution is 7.13. The number of nitrogens with one attached hydrogen (secondary N) is 2. The van der Waals surface area contributed by atoms with Crippen molar-refractivity contribution in [3.63, 3.8) is 0 Å². The van der Waals surface area contributed by atoms with Crippen molar-refractivity contribution in [2.24, 2.45) is 0 Å². The molecule has 0 aliphatic carbocycles. The van der Waals surface area contributed by atoms with E-state index in [1.807, 2.05) is 11.6 Å². The summed E-state index contributed by atoms with van der Waals surface area (Å²) in [6.45, 7) is 1.88. The van der Waals surface area contributed by atoms with Gasteiger partial charge in [0.1, 0.15) is 0 Å². The molecular weight excluding hydrogens is 268 g/mol. The maximum atomic E-state index is 5.62. The number of hydrogen-bond donors (Lipinski definition) is 3. The zero-order valence-electron chi connectivity index (χ0n) is 11.2. The van der Waals surface area contributed by atoms with Crippen LogP contribution in [0.25, 0.3) is 10.9 Å². The number of benzene rings is 1. The number of nitrogens with two attached hydrogens (primary N) is 1. The van der Waals surface area contributed by atoms with Gasteiger partial charge in [0, 0.05) is 29.0 Å². The molecule has 104 valence electrons. The molecule has 0 radical (unpaired) electrons. The second-order valence-corrected chi connectivity index (χ2v) is 5.70. The van der Waals surface area contributed by atoms with E-state index in [1.165, 1.54) is 27.8 Å². The van der Waals surface area contributed by atoms with Gasteiger partial charge in [-0.1, -0.05) is 12.1 Å². The molecule has 0 aliphatic rings. The molecule has 0 unspecified atom stereocenters. The normalized spacial score (nSPS) is 11.2. The van der Waals surface area contributed by atoms with E-state index < -0.39 is 0 Å². The lowest BCUT2D eigenvalue weighted by atomic mass is 10.1. The molecule has 4 nitrogen and oxygen atoms in total. The molecule has 5 heteroatoms. The number of rotatable bonds is 6. The molecule has 4 N–H and O–H groups in total. The summed E-state index contributed by atoms with van der Waals surface area (Å²) in [5, 5.41) is 7.49. The van der Waals surface area contributed by atoms with Crippen LogP contribution in [0.4, 0.5) is 5.13 Å². The van der Waals surface area contributed by atoms with Gasteiger partial charge in [0.15, 0.2) is 5.13 Å². The van der Waals surface area contributed by atoms with Crippen LogP contribution in [0, 0.1) is 0 Å². The summed E-state index contributed by atoms with van der Waals surface area (Å²) in [6.07, 6.45) is 4.04. The van der Waals surface area contributed by atoms with E-state index in [4.69, 9.17) is 5.73 Å². The molecule has 0 atom stereocenters. The van der Waals surface area contributed by atoms with E-state index in [2.05, 4.69) is 39.6 Å². The SMILES string of the molecule is Nc1nc(CCCNCc2cccc3[nH]ccc23)cs1. The highest BCUT2D eigenvalue weighted by Gasteiger charge is 2.01. The van der Waals surface area contributed by atoms with Crippen molar-refractivity contribution in [2.45, 2.75) is 19.4 Å². The van der Waals surface area contributed by atoms with E-state index in [0.717, 1.165) is 31.6 Å². The van der Waals surface area contributed by atoms with E-state index in [1.54, 1.807) is 0 Å². The number of hydrogen-bond acceptors (Lipinski definition) is 4. The van der Waals surface area contributed by atoms with E-state index in [-0.39, 0.29) is 0 Å². The number of anilines is 1. The number of aryl methyl sites for hydroxylation is 1. The van der Waals surface area contributed by atoms with Gasteiger partial charge >= 0.3 is 0 Å². The molecule has 2 heterocycles. The van der Waals surface area contributed by atoms with E-state index >= 15 is 0 Å². The summed E-state index contributed by atoms with van der Waals surface area (Å²) in [5.74, 6) is 0. The van der Waals surface area contributed by atoms with Crippen molar-refractivity contribution in [1.82, 2.24) is 15.3 Å². The van der Waals surface area contributed by atoms with Gasteiger partial charge in [-0.05, 0) is 37.1 Å². The van der Waals surface area contributed by atoms with Crippen molar-refractivity contribution < 1.29 is 0 Å². The number of nitrogens with zero attached hydrogens (tertiary/aromatic N) is 1. The van der Waals surface area contributed by atoms with Crippen LogP contribution in [0.5, 0.6) is 0 Å². The smallest absolute Gasteiger partial charge is 0.180 e. The van der Waals surface area contributed by atoms with Gasteiger partial charge in [0.25, 0.3) is 0 Å². The minimum absolute atomic E-state index is 0.659. The molecule has 1 aromatic carbocycles. The Morgan fingerprint density at radius 1 is 1.30 bits per heavy atom. The van der Waals surface area contributed by atoms with Crippen molar-refractivity contribution >= 4 is 27.4 Å². The average molecular weight is 286 g/mol. The number of aromatic nitrogens is 2. The molecule has 2 aromatic heterocycles. The highest BCUT2D eigenvalue weighted by atomic mass is 32.1. The fourth-order valence-corrected chi connectivity index (χ4v) is 2.96. The summed E-state index contributed by atoms with van der Waals surface area (Å²) in [5.41, 5.74) is 9.25. The Morgan fingerprint density at radius 3 is 3.10 bits per heavy atom. The molecule has 0 saturated carbocycles. The zero-order chi connectivity index (χ0) is 13.8. The van der Waals surface area contributed by atoms with Crippen molar-refractivity contribution in [2.75, 3.05) is 12.3 Å². The largest absolute Gasteiger partial charge is 0.375 e. The lowest BCUT2D eigenvalue weighted by molar-refractivity contribution is 0.648. The van der Waals surface area contributed by atoms with Crippen molar-refractivity contribution in [1.29, 1.82) is 0 Å². The molecule has 0 aliphatic heterocycles. The van der Waals surface area contributed by atoms with E-state index in [9.17, 15) is 0 Å². The van der Waals surface area contributed by atoms with Crippen LogP contribution < -0.4 is 11.1 Å². The van der Waals surface area contributed by atoms with Crippen LogP contribution in [-0.4, -0.2) is 16.5 Å². The lowest BCUT2D eigenvalue weighted by Crippen LogP contribution is -2.15. The van der Waals surface area contributed by atoms with Gasteiger partial charge < -0.3 is 16.0 Å². The standard InChI is InChI=1S/C15H18N4S/c16-15-19-12(10-20-15)4-2-7-17-9-11-3-1-5-14-13(11)6-8-18-14/h1,3,5-6,8,10,17-18H,2,4,7,9H2,(H2,16,19). The second-order valence-electron chi connectivity index (χ2n) is 4.81. The van der Waals surface area contributed by atoms with Crippen LogP contribution in [0.1, 0.15) is 17.7 Å². The summed E-state index contributed by atoms with van der Waals surface area (Å²) in [6, 6.07) is 8.49. The Morgan fingerprint density at radius 2 is 2.25 bits per heavy atom.